The predicted molar refractivity (Wildman–Crippen MR) is 68.3 cm³/mol. The summed E-state index contributed by atoms with van der Waals surface area (Å²) >= 11 is 0. The van der Waals surface area contributed by atoms with E-state index in [1.165, 1.54) is 6.07 Å². The molecule has 1 aliphatic rings. The van der Waals surface area contributed by atoms with Gasteiger partial charge in [0.05, 0.1) is 11.5 Å². The minimum Gasteiger partial charge on any atom is -0.450 e. The van der Waals surface area contributed by atoms with Gasteiger partial charge in [0, 0.05) is 6.07 Å². The molecule has 1 fully saturated rings. The van der Waals surface area contributed by atoms with Crippen LogP contribution in [0.5, 0.6) is 11.5 Å². The Balaban J connectivity index is 1.93. The first-order chi connectivity index (χ1) is 9.24. The third-order valence-electron chi connectivity index (χ3n) is 2.86. The van der Waals surface area contributed by atoms with Crippen LogP contribution >= 0.6 is 0 Å². The van der Waals surface area contributed by atoms with E-state index in [0.29, 0.717) is 12.4 Å². The third-order valence-corrected chi connectivity index (χ3v) is 2.86. The number of rotatable bonds is 4. The van der Waals surface area contributed by atoms with Crippen molar-refractivity contribution in [3.8, 4) is 11.5 Å². The van der Waals surface area contributed by atoms with Gasteiger partial charge in [0.25, 0.3) is 0 Å². The van der Waals surface area contributed by atoms with Crippen LogP contribution in [0.3, 0.4) is 0 Å². The van der Waals surface area contributed by atoms with Crippen molar-refractivity contribution in [2.75, 3.05) is 6.61 Å². The summed E-state index contributed by atoms with van der Waals surface area (Å²) < 4.78 is 10.7. The average Bonchev–Trinajstić information content (AvgIpc) is 3.24. The molecule has 0 aliphatic carbocycles. The fraction of sp³-hybridized carbons (Fsp3) is 0.143. The molecule has 0 bridgehead atoms. The fourth-order valence-corrected chi connectivity index (χ4v) is 1.82. The number of hydrogen-bond donors (Lipinski definition) is 0. The van der Waals surface area contributed by atoms with Crippen LogP contribution in [0.2, 0.25) is 0 Å². The zero-order valence-corrected chi connectivity index (χ0v) is 9.98. The lowest BCUT2D eigenvalue weighted by molar-refractivity contribution is -0.385. The first kappa shape index (κ1) is 11.7. The second-order valence-electron chi connectivity index (χ2n) is 4.22. The molecule has 5 heteroatoms. The van der Waals surface area contributed by atoms with Crippen LogP contribution in [0, 0.1) is 10.1 Å². The smallest absolute Gasteiger partial charge is 0.311 e. The Kier molecular flexibility index (Phi) is 2.89. The molecule has 2 aromatic carbocycles. The Morgan fingerprint density at radius 1 is 1.21 bits per heavy atom. The van der Waals surface area contributed by atoms with Crippen molar-refractivity contribution in [2.45, 2.75) is 6.10 Å². The number of ether oxygens (including phenoxy) is 2. The minimum absolute atomic E-state index is 0.00975. The summed E-state index contributed by atoms with van der Waals surface area (Å²) in [5.41, 5.74) is 0.768. The summed E-state index contributed by atoms with van der Waals surface area (Å²) in [5.74, 6) is 0.807. The lowest BCUT2D eigenvalue weighted by Gasteiger charge is -2.07. The Hall–Kier alpha value is -2.40. The van der Waals surface area contributed by atoms with E-state index in [1.807, 2.05) is 18.2 Å². The largest absolute Gasteiger partial charge is 0.450 e. The van der Waals surface area contributed by atoms with Crippen molar-refractivity contribution in [3.05, 3.63) is 64.2 Å². The molecule has 1 aliphatic heterocycles. The number of para-hydroxylation sites is 1. The van der Waals surface area contributed by atoms with Gasteiger partial charge in [-0.25, -0.2) is 0 Å². The molecule has 1 heterocycles. The van der Waals surface area contributed by atoms with Crippen LogP contribution < -0.4 is 4.74 Å². The van der Waals surface area contributed by atoms with Crippen LogP contribution in [0.25, 0.3) is 0 Å². The summed E-state index contributed by atoms with van der Waals surface area (Å²) in [6, 6.07) is 13.9. The number of nitrogens with zero attached hydrogens (tertiary/aromatic N) is 1. The highest BCUT2D eigenvalue weighted by Crippen LogP contribution is 2.37. The van der Waals surface area contributed by atoms with E-state index < -0.39 is 4.92 Å². The molecular weight excluding hydrogens is 246 g/mol. The lowest BCUT2D eigenvalue weighted by Crippen LogP contribution is -1.95. The van der Waals surface area contributed by atoms with Gasteiger partial charge in [0.1, 0.15) is 11.9 Å². The standard InChI is InChI=1S/C14H11NO4/c16-15(17)12-8-10(14-9-18-14)6-7-13(12)19-11-4-2-1-3-5-11/h1-8,14H,9H2. The van der Waals surface area contributed by atoms with Crippen LogP contribution in [0.4, 0.5) is 5.69 Å². The van der Waals surface area contributed by atoms with Crippen molar-refractivity contribution in [1.29, 1.82) is 0 Å². The predicted octanol–water partition coefficient (Wildman–Crippen LogP) is 3.46. The Labute approximate surface area is 109 Å². The number of nitro benzene ring substituents is 1. The van der Waals surface area contributed by atoms with Crippen molar-refractivity contribution in [1.82, 2.24) is 0 Å². The molecule has 5 nitrogen and oxygen atoms in total. The van der Waals surface area contributed by atoms with Crippen molar-refractivity contribution < 1.29 is 14.4 Å². The molecule has 0 saturated carbocycles. The van der Waals surface area contributed by atoms with Crippen LogP contribution in [0.1, 0.15) is 11.7 Å². The molecule has 0 amide bonds. The maximum Gasteiger partial charge on any atom is 0.311 e. The number of benzene rings is 2. The summed E-state index contributed by atoms with van der Waals surface area (Å²) in [6.07, 6.45) is -0.00975. The Morgan fingerprint density at radius 2 is 1.95 bits per heavy atom. The normalized spacial score (nSPS) is 16.9. The van der Waals surface area contributed by atoms with Crippen molar-refractivity contribution in [2.24, 2.45) is 0 Å². The molecule has 0 aromatic heterocycles. The van der Waals surface area contributed by atoms with E-state index in [9.17, 15) is 10.1 Å². The molecule has 0 spiro atoms. The quantitative estimate of drug-likeness (QED) is 0.478. The molecule has 1 saturated heterocycles. The first-order valence-corrected chi connectivity index (χ1v) is 5.87. The molecule has 0 radical (unpaired) electrons. The monoisotopic (exact) mass is 257 g/mol. The molecular formula is C14H11NO4. The van der Waals surface area contributed by atoms with Gasteiger partial charge in [-0.2, -0.15) is 0 Å². The summed E-state index contributed by atoms with van der Waals surface area (Å²) in [7, 11) is 0. The summed E-state index contributed by atoms with van der Waals surface area (Å²) in [4.78, 5) is 10.7. The number of epoxide rings is 1. The zero-order valence-electron chi connectivity index (χ0n) is 9.98. The first-order valence-electron chi connectivity index (χ1n) is 5.87. The van der Waals surface area contributed by atoms with Gasteiger partial charge >= 0.3 is 5.69 Å². The van der Waals surface area contributed by atoms with E-state index in [-0.39, 0.29) is 17.5 Å². The van der Waals surface area contributed by atoms with Gasteiger partial charge in [0.2, 0.25) is 5.75 Å². The fourth-order valence-electron chi connectivity index (χ4n) is 1.82. The average molecular weight is 257 g/mol. The summed E-state index contributed by atoms with van der Waals surface area (Å²) in [6.45, 7) is 0.621. The highest BCUT2D eigenvalue weighted by molar-refractivity contribution is 5.51. The molecule has 1 unspecified atom stereocenters. The SMILES string of the molecule is O=[N+]([O-])c1cc(C2CO2)ccc1Oc1ccccc1. The maximum atomic E-state index is 11.1. The van der Waals surface area contributed by atoms with Gasteiger partial charge in [-0.1, -0.05) is 24.3 Å². The van der Waals surface area contributed by atoms with Gasteiger partial charge in [0.15, 0.2) is 0 Å². The number of hydrogen-bond acceptors (Lipinski definition) is 4. The third kappa shape index (κ3) is 2.56. The Bertz CT molecular complexity index is 608. The zero-order chi connectivity index (χ0) is 13.2. The van der Waals surface area contributed by atoms with Crippen molar-refractivity contribution in [3.63, 3.8) is 0 Å². The van der Waals surface area contributed by atoms with Crippen LogP contribution in [-0.4, -0.2) is 11.5 Å². The summed E-state index contributed by atoms with van der Waals surface area (Å²) in [5, 5.41) is 11.1. The van der Waals surface area contributed by atoms with E-state index in [4.69, 9.17) is 9.47 Å². The van der Waals surface area contributed by atoms with Gasteiger partial charge in [-0.15, -0.1) is 0 Å². The topological polar surface area (TPSA) is 64.9 Å². The minimum atomic E-state index is -0.440. The second-order valence-corrected chi connectivity index (χ2v) is 4.22. The van der Waals surface area contributed by atoms with E-state index >= 15 is 0 Å². The molecule has 19 heavy (non-hydrogen) atoms. The number of nitro groups is 1. The Morgan fingerprint density at radius 3 is 2.58 bits per heavy atom. The highest BCUT2D eigenvalue weighted by Gasteiger charge is 2.28. The van der Waals surface area contributed by atoms with Crippen LogP contribution in [0.15, 0.2) is 48.5 Å². The van der Waals surface area contributed by atoms with E-state index in [2.05, 4.69) is 0 Å². The lowest BCUT2D eigenvalue weighted by atomic mass is 10.1. The highest BCUT2D eigenvalue weighted by atomic mass is 16.6. The van der Waals surface area contributed by atoms with Gasteiger partial charge in [-0.05, 0) is 23.8 Å². The molecule has 96 valence electrons. The van der Waals surface area contributed by atoms with Gasteiger partial charge < -0.3 is 9.47 Å². The van der Waals surface area contributed by atoms with E-state index in [1.54, 1.807) is 24.3 Å². The van der Waals surface area contributed by atoms with Crippen molar-refractivity contribution >= 4 is 5.69 Å². The second kappa shape index (κ2) is 4.70. The van der Waals surface area contributed by atoms with Gasteiger partial charge in [-0.3, -0.25) is 10.1 Å². The molecule has 2 aromatic rings. The molecule has 1 atom stereocenters. The molecule has 0 N–H and O–H groups in total. The van der Waals surface area contributed by atoms with Crippen LogP contribution in [-0.2, 0) is 4.74 Å². The van der Waals surface area contributed by atoms with E-state index in [0.717, 1.165) is 5.56 Å². The maximum absolute atomic E-state index is 11.1. The molecule has 3 rings (SSSR count).